The molecule has 29 heavy (non-hydrogen) atoms. The van der Waals surface area contributed by atoms with Gasteiger partial charge in [0.2, 0.25) is 0 Å². The largest absolute Gasteiger partial charge is 0.397 e. The summed E-state index contributed by atoms with van der Waals surface area (Å²) in [6.45, 7) is 4.03. The number of nitrogens with zero attached hydrogens (tertiary/aromatic N) is 3. The van der Waals surface area contributed by atoms with Crippen molar-refractivity contribution in [1.82, 2.24) is 13.7 Å². The third-order valence-corrected chi connectivity index (χ3v) is 6.16. The molecule has 7 heteroatoms. The molecule has 2 aromatic heterocycles. The summed E-state index contributed by atoms with van der Waals surface area (Å²) in [5, 5.41) is 0.471. The van der Waals surface area contributed by atoms with Crippen LogP contribution in [0.3, 0.4) is 0 Å². The Hall–Kier alpha value is -3.06. The van der Waals surface area contributed by atoms with Crippen molar-refractivity contribution in [3.05, 3.63) is 79.0 Å². The van der Waals surface area contributed by atoms with Crippen LogP contribution in [0, 0.1) is 13.8 Å². The van der Waals surface area contributed by atoms with Gasteiger partial charge in [-0.1, -0.05) is 34.1 Å². The molecule has 0 saturated heterocycles. The first-order valence-corrected chi connectivity index (χ1v) is 9.94. The maximum Gasteiger partial charge on any atom is 0.330 e. The molecule has 0 unspecified atom stereocenters. The van der Waals surface area contributed by atoms with E-state index in [9.17, 15) is 9.59 Å². The van der Waals surface area contributed by atoms with Gasteiger partial charge in [-0.25, -0.2) is 4.79 Å². The summed E-state index contributed by atoms with van der Waals surface area (Å²) in [6.07, 6.45) is 1.81. The minimum Gasteiger partial charge on any atom is -0.397 e. The number of anilines is 1. The molecule has 6 nitrogen and oxygen atoms in total. The van der Waals surface area contributed by atoms with E-state index >= 15 is 0 Å². The lowest BCUT2D eigenvalue weighted by Gasteiger charge is -2.15. The minimum absolute atomic E-state index is 0.338. The summed E-state index contributed by atoms with van der Waals surface area (Å²) in [4.78, 5) is 25.7. The van der Waals surface area contributed by atoms with Crippen molar-refractivity contribution >= 4 is 32.5 Å². The quantitative estimate of drug-likeness (QED) is 0.471. The molecule has 0 saturated carbocycles. The Balaban J connectivity index is 2.27. The lowest BCUT2D eigenvalue weighted by Crippen LogP contribution is -2.36. The molecular weight excluding hydrogens is 432 g/mol. The molecule has 4 aromatic rings. The Morgan fingerprint density at radius 1 is 0.966 bits per heavy atom. The molecule has 0 spiro atoms. The highest BCUT2D eigenvalue weighted by Gasteiger charge is 2.22. The number of fused-ring (bicyclic) bond motifs is 1. The molecule has 148 valence electrons. The Morgan fingerprint density at radius 2 is 1.62 bits per heavy atom. The first-order valence-electron chi connectivity index (χ1n) is 9.15. The highest BCUT2D eigenvalue weighted by atomic mass is 79.9. The molecule has 0 aliphatic heterocycles. The van der Waals surface area contributed by atoms with Gasteiger partial charge in [-0.2, -0.15) is 0 Å². The van der Waals surface area contributed by atoms with Crippen LogP contribution in [0.5, 0.6) is 0 Å². The van der Waals surface area contributed by atoms with Crippen molar-refractivity contribution < 1.29 is 0 Å². The van der Waals surface area contributed by atoms with E-state index < -0.39 is 0 Å². The molecule has 4 rings (SSSR count). The van der Waals surface area contributed by atoms with Gasteiger partial charge in [-0.05, 0) is 43.2 Å². The number of nitrogens with two attached hydrogens (primary N) is 1. The number of hydrogen-bond acceptors (Lipinski definition) is 3. The minimum atomic E-state index is -0.369. The maximum atomic E-state index is 13.1. The van der Waals surface area contributed by atoms with Crippen LogP contribution in [0.2, 0.25) is 0 Å². The molecule has 0 radical (unpaired) electrons. The molecule has 0 bridgehead atoms. The summed E-state index contributed by atoms with van der Waals surface area (Å²) in [5.74, 6) is 0. The van der Waals surface area contributed by atoms with Crippen molar-refractivity contribution in [3.63, 3.8) is 0 Å². The van der Waals surface area contributed by atoms with Gasteiger partial charge in [0.1, 0.15) is 0 Å². The van der Waals surface area contributed by atoms with Gasteiger partial charge in [0, 0.05) is 30.3 Å². The Bertz CT molecular complexity index is 1410. The zero-order chi connectivity index (χ0) is 21.0. The highest BCUT2D eigenvalue weighted by Crippen LogP contribution is 2.36. The smallest absolute Gasteiger partial charge is 0.330 e. The van der Waals surface area contributed by atoms with Crippen molar-refractivity contribution in [1.29, 1.82) is 0 Å². The summed E-state index contributed by atoms with van der Waals surface area (Å²) < 4.78 is 5.38. The number of hydrogen-bond donors (Lipinski definition) is 1. The van der Waals surface area contributed by atoms with Crippen LogP contribution >= 0.6 is 15.9 Å². The van der Waals surface area contributed by atoms with Gasteiger partial charge in [0.05, 0.1) is 28.0 Å². The van der Waals surface area contributed by atoms with Crippen LogP contribution in [-0.2, 0) is 14.1 Å². The van der Waals surface area contributed by atoms with E-state index in [1.54, 1.807) is 7.05 Å². The summed E-state index contributed by atoms with van der Waals surface area (Å²) in [6, 6.07) is 11.6. The average Bonchev–Trinajstić information content (AvgIpc) is 3.08. The summed E-state index contributed by atoms with van der Waals surface area (Å²) >= 11 is 3.61. The Labute approximate surface area is 175 Å². The van der Waals surface area contributed by atoms with Crippen LogP contribution in [0.1, 0.15) is 11.1 Å². The van der Waals surface area contributed by atoms with Crippen molar-refractivity contribution in [2.75, 3.05) is 5.73 Å². The highest BCUT2D eigenvalue weighted by molar-refractivity contribution is 9.10. The predicted octanol–water partition coefficient (Wildman–Crippen LogP) is 3.66. The third kappa shape index (κ3) is 2.84. The second-order valence-electron chi connectivity index (χ2n) is 7.29. The zero-order valence-corrected chi connectivity index (χ0v) is 18.2. The number of aromatic nitrogens is 3. The van der Waals surface area contributed by atoms with Crippen LogP contribution in [0.25, 0.3) is 27.8 Å². The molecule has 0 aliphatic rings. The SMILES string of the molecule is Cc1cc(N)c(-n2cc3c(c2-c2ccccc2Br)c(=O)n(C)c(=O)n3C)cc1C. The number of aryl methyl sites for hydroxylation is 3. The lowest BCUT2D eigenvalue weighted by molar-refractivity contribution is 0.714. The average molecular weight is 453 g/mol. The van der Waals surface area contributed by atoms with Crippen LogP contribution in [0.15, 0.2) is 56.7 Å². The van der Waals surface area contributed by atoms with E-state index in [0.717, 1.165) is 31.4 Å². The lowest BCUT2D eigenvalue weighted by atomic mass is 10.1. The fraction of sp³-hybridized carbons (Fsp3) is 0.182. The summed E-state index contributed by atoms with van der Waals surface area (Å²) in [5.41, 5.74) is 11.3. The molecule has 2 aromatic carbocycles. The molecular formula is C22H21BrN4O2. The second kappa shape index (κ2) is 6.77. The van der Waals surface area contributed by atoms with E-state index in [1.165, 1.54) is 11.6 Å². The second-order valence-corrected chi connectivity index (χ2v) is 8.14. The standard InChI is InChI=1S/C22H21BrN4O2/c1-12-9-16(24)17(10-13(12)2)27-11-18-19(21(28)26(4)22(29)25(18)3)20(27)14-7-5-6-8-15(14)23/h5-11H,24H2,1-4H3. The topological polar surface area (TPSA) is 74.9 Å². The van der Waals surface area contributed by atoms with Gasteiger partial charge in [-0.3, -0.25) is 13.9 Å². The molecule has 0 aliphatic carbocycles. The van der Waals surface area contributed by atoms with E-state index in [4.69, 9.17) is 5.73 Å². The number of rotatable bonds is 2. The zero-order valence-electron chi connectivity index (χ0n) is 16.7. The fourth-order valence-corrected chi connectivity index (χ4v) is 4.15. The van der Waals surface area contributed by atoms with Gasteiger partial charge < -0.3 is 10.3 Å². The van der Waals surface area contributed by atoms with E-state index in [1.807, 2.05) is 61.0 Å². The van der Waals surface area contributed by atoms with Crippen molar-refractivity contribution in [3.8, 4) is 16.9 Å². The van der Waals surface area contributed by atoms with Gasteiger partial charge in [0.15, 0.2) is 0 Å². The molecule has 2 N–H and O–H groups in total. The van der Waals surface area contributed by atoms with E-state index in [2.05, 4.69) is 15.9 Å². The number of nitrogen functional groups attached to an aromatic ring is 1. The van der Waals surface area contributed by atoms with Crippen LogP contribution < -0.4 is 17.0 Å². The fourth-order valence-electron chi connectivity index (χ4n) is 3.68. The van der Waals surface area contributed by atoms with Crippen molar-refractivity contribution in [2.45, 2.75) is 13.8 Å². The molecule has 0 fully saturated rings. The molecule has 0 amide bonds. The normalized spacial score (nSPS) is 11.3. The first kappa shape index (κ1) is 19.3. The van der Waals surface area contributed by atoms with Crippen LogP contribution in [0.4, 0.5) is 5.69 Å². The molecule has 2 heterocycles. The van der Waals surface area contributed by atoms with Gasteiger partial charge >= 0.3 is 5.69 Å². The summed E-state index contributed by atoms with van der Waals surface area (Å²) in [7, 11) is 3.16. The number of halogens is 1. The van der Waals surface area contributed by atoms with E-state index in [0.29, 0.717) is 22.3 Å². The van der Waals surface area contributed by atoms with Gasteiger partial charge in [-0.15, -0.1) is 0 Å². The Kier molecular flexibility index (Phi) is 4.50. The third-order valence-electron chi connectivity index (χ3n) is 5.47. The molecule has 0 atom stereocenters. The van der Waals surface area contributed by atoms with Crippen LogP contribution in [-0.4, -0.2) is 13.7 Å². The first-order chi connectivity index (χ1) is 13.7. The van der Waals surface area contributed by atoms with Crippen molar-refractivity contribution in [2.24, 2.45) is 14.1 Å². The number of benzene rings is 2. The predicted molar refractivity (Wildman–Crippen MR) is 121 cm³/mol. The van der Waals surface area contributed by atoms with E-state index in [-0.39, 0.29) is 11.2 Å². The Morgan fingerprint density at radius 3 is 2.31 bits per heavy atom. The monoisotopic (exact) mass is 452 g/mol. The maximum absolute atomic E-state index is 13.1. The van der Waals surface area contributed by atoms with Gasteiger partial charge in [0.25, 0.3) is 5.56 Å².